The second-order valence-electron chi connectivity index (χ2n) is 5.23. The SMILES string of the molecule is COC(=O)C(C(=O)OC)[C@@H](/C=C/c1ccccc1)c1ccccc1. The van der Waals surface area contributed by atoms with Gasteiger partial charge in [0.05, 0.1) is 14.2 Å². The molecule has 2 rings (SSSR count). The molecule has 24 heavy (non-hydrogen) atoms. The lowest BCUT2D eigenvalue weighted by Crippen LogP contribution is -2.31. The lowest BCUT2D eigenvalue weighted by atomic mass is 9.85. The summed E-state index contributed by atoms with van der Waals surface area (Å²) in [6, 6.07) is 19.0. The van der Waals surface area contributed by atoms with Crippen molar-refractivity contribution in [3.63, 3.8) is 0 Å². The highest BCUT2D eigenvalue weighted by Gasteiger charge is 2.36. The summed E-state index contributed by atoms with van der Waals surface area (Å²) in [5, 5.41) is 0. The number of rotatable bonds is 6. The summed E-state index contributed by atoms with van der Waals surface area (Å²) in [5.41, 5.74) is 1.82. The molecule has 0 spiro atoms. The number of carbonyl (C=O) groups is 2. The van der Waals surface area contributed by atoms with Gasteiger partial charge >= 0.3 is 11.9 Å². The third-order valence-corrected chi connectivity index (χ3v) is 3.75. The van der Waals surface area contributed by atoms with E-state index in [-0.39, 0.29) is 0 Å². The standard InChI is InChI=1S/C20H20O4/c1-23-19(21)18(20(22)24-2)17(16-11-7-4-8-12-16)14-13-15-9-5-3-6-10-15/h3-14,17-18H,1-2H3/b14-13+/t17-/m0/s1. The van der Waals surface area contributed by atoms with Crippen molar-refractivity contribution in [3.05, 3.63) is 77.9 Å². The van der Waals surface area contributed by atoms with E-state index in [0.29, 0.717) is 0 Å². The highest BCUT2D eigenvalue weighted by Crippen LogP contribution is 2.29. The summed E-state index contributed by atoms with van der Waals surface area (Å²) in [4.78, 5) is 24.4. The Kier molecular flexibility index (Phi) is 6.32. The fourth-order valence-electron chi connectivity index (χ4n) is 2.51. The summed E-state index contributed by atoms with van der Waals surface area (Å²) < 4.78 is 9.63. The molecule has 2 aromatic rings. The highest BCUT2D eigenvalue weighted by atomic mass is 16.5. The molecule has 0 aliphatic rings. The Labute approximate surface area is 141 Å². The van der Waals surface area contributed by atoms with Crippen molar-refractivity contribution in [2.45, 2.75) is 5.92 Å². The Hall–Kier alpha value is -2.88. The van der Waals surface area contributed by atoms with E-state index in [1.54, 1.807) is 0 Å². The number of hydrogen-bond donors (Lipinski definition) is 0. The zero-order valence-corrected chi connectivity index (χ0v) is 13.7. The Morgan fingerprint density at radius 1 is 0.833 bits per heavy atom. The van der Waals surface area contributed by atoms with Gasteiger partial charge in [0.2, 0.25) is 0 Å². The van der Waals surface area contributed by atoms with Crippen LogP contribution in [-0.2, 0) is 19.1 Å². The van der Waals surface area contributed by atoms with Crippen LogP contribution in [0.3, 0.4) is 0 Å². The molecular weight excluding hydrogens is 304 g/mol. The molecule has 0 heterocycles. The number of allylic oxidation sites excluding steroid dienone is 1. The fraction of sp³-hybridized carbons (Fsp3) is 0.200. The minimum absolute atomic E-state index is 0.480. The van der Waals surface area contributed by atoms with E-state index in [9.17, 15) is 9.59 Å². The lowest BCUT2D eigenvalue weighted by molar-refractivity contribution is -0.159. The molecule has 124 valence electrons. The Morgan fingerprint density at radius 3 is 1.83 bits per heavy atom. The largest absolute Gasteiger partial charge is 0.468 e. The molecular formula is C20H20O4. The smallest absolute Gasteiger partial charge is 0.321 e. The van der Waals surface area contributed by atoms with Gasteiger partial charge in [-0.05, 0) is 11.1 Å². The number of hydrogen-bond acceptors (Lipinski definition) is 4. The minimum Gasteiger partial charge on any atom is -0.468 e. The maximum Gasteiger partial charge on any atom is 0.321 e. The van der Waals surface area contributed by atoms with Gasteiger partial charge in [0, 0.05) is 5.92 Å². The van der Waals surface area contributed by atoms with Crippen LogP contribution in [0.5, 0.6) is 0 Å². The quantitative estimate of drug-likeness (QED) is 0.603. The fourth-order valence-corrected chi connectivity index (χ4v) is 2.51. The molecule has 0 saturated heterocycles. The van der Waals surface area contributed by atoms with Gasteiger partial charge in [-0.3, -0.25) is 9.59 Å². The van der Waals surface area contributed by atoms with Gasteiger partial charge in [-0.15, -0.1) is 0 Å². The van der Waals surface area contributed by atoms with Gasteiger partial charge in [0.1, 0.15) is 0 Å². The molecule has 0 saturated carbocycles. The highest BCUT2D eigenvalue weighted by molar-refractivity contribution is 5.96. The maximum atomic E-state index is 12.2. The van der Waals surface area contributed by atoms with Crippen LogP contribution in [0.25, 0.3) is 6.08 Å². The van der Waals surface area contributed by atoms with E-state index < -0.39 is 23.8 Å². The van der Waals surface area contributed by atoms with E-state index in [1.807, 2.05) is 72.8 Å². The van der Waals surface area contributed by atoms with E-state index in [0.717, 1.165) is 11.1 Å². The molecule has 1 atom stereocenters. The van der Waals surface area contributed by atoms with Crippen LogP contribution in [0.15, 0.2) is 66.7 Å². The van der Waals surface area contributed by atoms with Crippen molar-refractivity contribution >= 4 is 18.0 Å². The molecule has 0 aliphatic heterocycles. The third kappa shape index (κ3) is 4.32. The van der Waals surface area contributed by atoms with Crippen LogP contribution in [0, 0.1) is 5.92 Å². The minimum atomic E-state index is -1.05. The summed E-state index contributed by atoms with van der Waals surface area (Å²) in [5.74, 6) is -2.77. The first kappa shape index (κ1) is 17.5. The zero-order valence-electron chi connectivity index (χ0n) is 13.7. The number of ether oxygens (including phenoxy) is 2. The van der Waals surface area contributed by atoms with Crippen molar-refractivity contribution in [1.82, 2.24) is 0 Å². The third-order valence-electron chi connectivity index (χ3n) is 3.75. The van der Waals surface area contributed by atoms with Crippen molar-refractivity contribution in [2.75, 3.05) is 14.2 Å². The predicted molar refractivity (Wildman–Crippen MR) is 92.2 cm³/mol. The second-order valence-corrected chi connectivity index (χ2v) is 5.23. The van der Waals surface area contributed by atoms with Gasteiger partial charge in [0.25, 0.3) is 0 Å². The summed E-state index contributed by atoms with van der Waals surface area (Å²) in [6.07, 6.45) is 3.72. The lowest BCUT2D eigenvalue weighted by Gasteiger charge is -2.21. The molecule has 0 unspecified atom stereocenters. The van der Waals surface area contributed by atoms with Crippen molar-refractivity contribution in [2.24, 2.45) is 5.92 Å². The van der Waals surface area contributed by atoms with Gasteiger partial charge in [-0.2, -0.15) is 0 Å². The summed E-state index contributed by atoms with van der Waals surface area (Å²) in [7, 11) is 2.53. The molecule has 0 aromatic heterocycles. The molecule has 0 fully saturated rings. The second kappa shape index (κ2) is 8.67. The Balaban J connectivity index is 2.43. The topological polar surface area (TPSA) is 52.6 Å². The monoisotopic (exact) mass is 324 g/mol. The van der Waals surface area contributed by atoms with E-state index in [4.69, 9.17) is 9.47 Å². The van der Waals surface area contributed by atoms with Crippen LogP contribution >= 0.6 is 0 Å². The molecule has 0 amide bonds. The van der Waals surface area contributed by atoms with Crippen LogP contribution < -0.4 is 0 Å². The summed E-state index contributed by atoms with van der Waals surface area (Å²) >= 11 is 0. The molecule has 4 nitrogen and oxygen atoms in total. The number of carbonyl (C=O) groups excluding carboxylic acids is 2. The van der Waals surface area contributed by atoms with Crippen LogP contribution in [0.1, 0.15) is 17.0 Å². The average molecular weight is 324 g/mol. The van der Waals surface area contributed by atoms with Gasteiger partial charge in [-0.25, -0.2) is 0 Å². The first-order chi connectivity index (χ1) is 11.7. The van der Waals surface area contributed by atoms with Crippen LogP contribution in [0.2, 0.25) is 0 Å². The van der Waals surface area contributed by atoms with Crippen LogP contribution in [0.4, 0.5) is 0 Å². The Morgan fingerprint density at radius 2 is 1.33 bits per heavy atom. The average Bonchev–Trinajstić information content (AvgIpc) is 2.65. The molecule has 0 aliphatic carbocycles. The van der Waals surface area contributed by atoms with Crippen molar-refractivity contribution in [3.8, 4) is 0 Å². The van der Waals surface area contributed by atoms with Crippen LogP contribution in [-0.4, -0.2) is 26.2 Å². The van der Waals surface area contributed by atoms with E-state index >= 15 is 0 Å². The molecule has 0 radical (unpaired) electrons. The van der Waals surface area contributed by atoms with E-state index in [1.165, 1.54) is 14.2 Å². The molecule has 0 bridgehead atoms. The van der Waals surface area contributed by atoms with Crippen molar-refractivity contribution < 1.29 is 19.1 Å². The predicted octanol–water partition coefficient (Wildman–Crippen LogP) is 3.45. The molecule has 4 heteroatoms. The molecule has 0 N–H and O–H groups in total. The van der Waals surface area contributed by atoms with Crippen molar-refractivity contribution in [1.29, 1.82) is 0 Å². The first-order valence-corrected chi connectivity index (χ1v) is 7.61. The van der Waals surface area contributed by atoms with Gasteiger partial charge in [-0.1, -0.05) is 72.8 Å². The Bertz CT molecular complexity index is 676. The molecule has 2 aromatic carbocycles. The van der Waals surface area contributed by atoms with Gasteiger partial charge in [0.15, 0.2) is 5.92 Å². The maximum absolute atomic E-state index is 12.2. The first-order valence-electron chi connectivity index (χ1n) is 7.61. The van der Waals surface area contributed by atoms with Gasteiger partial charge < -0.3 is 9.47 Å². The van der Waals surface area contributed by atoms with E-state index in [2.05, 4.69) is 0 Å². The zero-order chi connectivity index (χ0) is 17.4. The summed E-state index contributed by atoms with van der Waals surface area (Å²) in [6.45, 7) is 0. The number of esters is 2. The number of methoxy groups -OCH3 is 2. The number of benzene rings is 2. The normalized spacial score (nSPS) is 12.1.